The Morgan fingerprint density at radius 2 is 2.21 bits per heavy atom. The molecule has 0 radical (unpaired) electrons. The van der Waals surface area contributed by atoms with E-state index in [-0.39, 0.29) is 0 Å². The summed E-state index contributed by atoms with van der Waals surface area (Å²) >= 11 is 0. The van der Waals surface area contributed by atoms with Crippen molar-refractivity contribution in [2.24, 2.45) is 10.9 Å². The summed E-state index contributed by atoms with van der Waals surface area (Å²) in [5, 5.41) is 10.7. The fourth-order valence-corrected chi connectivity index (χ4v) is 2.40. The van der Waals surface area contributed by atoms with Crippen LogP contribution in [0.3, 0.4) is 0 Å². The molecule has 0 saturated heterocycles. The highest BCUT2D eigenvalue weighted by atomic mass is 16.5. The summed E-state index contributed by atoms with van der Waals surface area (Å²) in [5.74, 6) is 1.75. The molecule has 1 fully saturated rings. The molecular formula is C14H24N4O. The molecule has 1 saturated carbocycles. The zero-order valence-corrected chi connectivity index (χ0v) is 11.9. The van der Waals surface area contributed by atoms with Gasteiger partial charge in [0.2, 0.25) is 0 Å². The molecule has 1 aromatic rings. The maximum atomic E-state index is 4.81. The van der Waals surface area contributed by atoms with E-state index < -0.39 is 0 Å². The zero-order valence-electron chi connectivity index (χ0n) is 11.9. The van der Waals surface area contributed by atoms with Gasteiger partial charge in [0.05, 0.1) is 6.54 Å². The first kappa shape index (κ1) is 13.9. The van der Waals surface area contributed by atoms with E-state index in [9.17, 15) is 0 Å². The molecule has 0 unspecified atom stereocenters. The van der Waals surface area contributed by atoms with E-state index in [1.54, 1.807) is 6.26 Å². The van der Waals surface area contributed by atoms with E-state index in [1.165, 1.54) is 25.7 Å². The molecule has 0 atom stereocenters. The Balaban J connectivity index is 1.86. The second-order valence-electron chi connectivity index (χ2n) is 5.29. The summed E-state index contributed by atoms with van der Waals surface area (Å²) in [5.41, 5.74) is 0.856. The Morgan fingerprint density at radius 1 is 1.42 bits per heavy atom. The van der Waals surface area contributed by atoms with Gasteiger partial charge in [0.1, 0.15) is 12.0 Å². The first-order valence-electron chi connectivity index (χ1n) is 7.22. The molecule has 106 valence electrons. The Kier molecular flexibility index (Phi) is 5.24. The van der Waals surface area contributed by atoms with Crippen molar-refractivity contribution >= 4 is 5.96 Å². The third-order valence-electron chi connectivity index (χ3n) is 3.59. The first-order valence-corrected chi connectivity index (χ1v) is 7.22. The molecule has 1 aliphatic rings. The minimum absolute atomic E-state index is 0.548. The number of aliphatic imine (C=N–C) groups is 1. The van der Waals surface area contributed by atoms with Crippen LogP contribution in [-0.4, -0.2) is 23.7 Å². The van der Waals surface area contributed by atoms with Gasteiger partial charge in [-0.1, -0.05) is 12.1 Å². The number of guanidine groups is 1. The maximum Gasteiger partial charge on any atom is 0.191 e. The standard InChI is InChI=1S/C14H24N4O/c1-3-15-14(16-10-13-8-9-19-18-13)17-12-6-4-11(2)5-7-12/h8-9,11-12H,3-7,10H2,1-2H3,(H2,15,16,17). The van der Waals surface area contributed by atoms with Gasteiger partial charge < -0.3 is 15.2 Å². The molecule has 0 spiro atoms. The van der Waals surface area contributed by atoms with Gasteiger partial charge in [0.15, 0.2) is 5.96 Å². The van der Waals surface area contributed by atoms with Crippen LogP contribution in [0.1, 0.15) is 45.2 Å². The summed E-state index contributed by atoms with van der Waals surface area (Å²) < 4.78 is 4.81. The maximum absolute atomic E-state index is 4.81. The highest BCUT2D eigenvalue weighted by molar-refractivity contribution is 5.80. The van der Waals surface area contributed by atoms with E-state index in [0.717, 1.165) is 24.1 Å². The van der Waals surface area contributed by atoms with Crippen LogP contribution in [0, 0.1) is 5.92 Å². The molecule has 1 aliphatic carbocycles. The average Bonchev–Trinajstić information content (AvgIpc) is 2.92. The first-order chi connectivity index (χ1) is 9.28. The highest BCUT2D eigenvalue weighted by Crippen LogP contribution is 2.23. The van der Waals surface area contributed by atoms with Crippen molar-refractivity contribution < 1.29 is 4.52 Å². The lowest BCUT2D eigenvalue weighted by molar-refractivity contribution is 0.329. The molecule has 0 aromatic carbocycles. The quantitative estimate of drug-likeness (QED) is 0.647. The molecule has 5 heteroatoms. The predicted molar refractivity (Wildman–Crippen MR) is 75.9 cm³/mol. The van der Waals surface area contributed by atoms with Gasteiger partial charge >= 0.3 is 0 Å². The van der Waals surface area contributed by atoms with E-state index in [4.69, 9.17) is 4.52 Å². The summed E-state index contributed by atoms with van der Waals surface area (Å²) in [6.45, 7) is 5.83. The fraction of sp³-hybridized carbons (Fsp3) is 0.714. The molecule has 1 heterocycles. The van der Waals surface area contributed by atoms with Crippen LogP contribution in [0.5, 0.6) is 0 Å². The van der Waals surface area contributed by atoms with E-state index in [0.29, 0.717) is 12.6 Å². The third kappa shape index (κ3) is 4.58. The Bertz CT molecular complexity index is 380. The fourth-order valence-electron chi connectivity index (χ4n) is 2.40. The summed E-state index contributed by atoms with van der Waals surface area (Å²) in [6, 6.07) is 2.39. The van der Waals surface area contributed by atoms with Crippen molar-refractivity contribution in [1.82, 2.24) is 15.8 Å². The van der Waals surface area contributed by atoms with Crippen molar-refractivity contribution in [3.05, 3.63) is 18.0 Å². The van der Waals surface area contributed by atoms with E-state index in [1.807, 2.05) is 6.07 Å². The molecule has 19 heavy (non-hydrogen) atoms. The molecule has 0 amide bonds. The molecule has 2 N–H and O–H groups in total. The number of hydrogen-bond acceptors (Lipinski definition) is 3. The van der Waals surface area contributed by atoms with Crippen molar-refractivity contribution in [1.29, 1.82) is 0 Å². The van der Waals surface area contributed by atoms with Gasteiger partial charge in [-0.15, -0.1) is 0 Å². The second-order valence-corrected chi connectivity index (χ2v) is 5.29. The van der Waals surface area contributed by atoms with E-state index >= 15 is 0 Å². The highest BCUT2D eigenvalue weighted by Gasteiger charge is 2.18. The van der Waals surface area contributed by atoms with Crippen molar-refractivity contribution in [3.63, 3.8) is 0 Å². The molecule has 5 nitrogen and oxygen atoms in total. The topological polar surface area (TPSA) is 62.5 Å². The van der Waals surface area contributed by atoms with E-state index in [2.05, 4.69) is 34.6 Å². The van der Waals surface area contributed by atoms with Crippen LogP contribution >= 0.6 is 0 Å². The van der Waals surface area contributed by atoms with Crippen LogP contribution in [-0.2, 0) is 6.54 Å². The van der Waals surface area contributed by atoms with Crippen molar-refractivity contribution in [3.8, 4) is 0 Å². The van der Waals surface area contributed by atoms with Gasteiger partial charge in [-0.05, 0) is 38.5 Å². The Labute approximate surface area is 114 Å². The van der Waals surface area contributed by atoms with Gasteiger partial charge in [-0.3, -0.25) is 0 Å². The zero-order chi connectivity index (χ0) is 13.5. The van der Waals surface area contributed by atoms with Gasteiger partial charge in [0.25, 0.3) is 0 Å². The van der Waals surface area contributed by atoms with Gasteiger partial charge in [-0.25, -0.2) is 4.99 Å². The lowest BCUT2D eigenvalue weighted by Gasteiger charge is -2.28. The predicted octanol–water partition coefficient (Wildman–Crippen LogP) is 2.31. The number of aromatic nitrogens is 1. The van der Waals surface area contributed by atoms with Crippen LogP contribution in [0.4, 0.5) is 0 Å². The van der Waals surface area contributed by atoms with Crippen molar-refractivity contribution in [2.75, 3.05) is 6.54 Å². The normalized spacial score (nSPS) is 24.2. The summed E-state index contributed by atoms with van der Waals surface area (Å²) in [4.78, 5) is 4.54. The molecule has 0 aliphatic heterocycles. The summed E-state index contributed by atoms with van der Waals surface area (Å²) in [6.07, 6.45) is 6.65. The molecular weight excluding hydrogens is 240 g/mol. The van der Waals surface area contributed by atoms with Crippen molar-refractivity contribution in [2.45, 2.75) is 52.1 Å². The number of nitrogens with zero attached hydrogens (tertiary/aromatic N) is 2. The third-order valence-corrected chi connectivity index (χ3v) is 3.59. The largest absolute Gasteiger partial charge is 0.364 e. The lowest BCUT2D eigenvalue weighted by Crippen LogP contribution is -2.44. The van der Waals surface area contributed by atoms with Gasteiger partial charge in [0, 0.05) is 18.7 Å². The smallest absolute Gasteiger partial charge is 0.191 e. The molecule has 0 bridgehead atoms. The molecule has 1 aromatic heterocycles. The van der Waals surface area contributed by atoms with Crippen LogP contribution < -0.4 is 10.6 Å². The number of hydrogen-bond donors (Lipinski definition) is 2. The van der Waals surface area contributed by atoms with Crippen LogP contribution in [0.2, 0.25) is 0 Å². The number of rotatable bonds is 4. The number of nitrogens with one attached hydrogen (secondary N) is 2. The Hall–Kier alpha value is -1.52. The lowest BCUT2D eigenvalue weighted by atomic mass is 9.87. The second kappa shape index (κ2) is 7.16. The summed E-state index contributed by atoms with van der Waals surface area (Å²) in [7, 11) is 0. The SMILES string of the molecule is CCNC(=NCc1ccon1)NC1CCC(C)CC1. The van der Waals surface area contributed by atoms with Crippen LogP contribution in [0.15, 0.2) is 21.8 Å². The monoisotopic (exact) mass is 264 g/mol. The van der Waals surface area contributed by atoms with Crippen LogP contribution in [0.25, 0.3) is 0 Å². The minimum atomic E-state index is 0.548. The van der Waals surface area contributed by atoms with Gasteiger partial charge in [-0.2, -0.15) is 0 Å². The Morgan fingerprint density at radius 3 is 2.84 bits per heavy atom. The minimum Gasteiger partial charge on any atom is -0.364 e. The molecule has 2 rings (SSSR count). The average molecular weight is 264 g/mol.